The van der Waals surface area contributed by atoms with Crippen molar-refractivity contribution in [2.75, 3.05) is 0 Å². The second kappa shape index (κ2) is 3.56. The van der Waals surface area contributed by atoms with Crippen molar-refractivity contribution in [3.05, 3.63) is 18.2 Å². The number of hydrogen-bond acceptors (Lipinski definition) is 2. The van der Waals surface area contributed by atoms with Crippen LogP contribution in [0.25, 0.3) is 0 Å². The van der Waals surface area contributed by atoms with Crippen molar-refractivity contribution in [1.29, 1.82) is 0 Å². The van der Waals surface area contributed by atoms with Gasteiger partial charge in [0.1, 0.15) is 0 Å². The van der Waals surface area contributed by atoms with Gasteiger partial charge >= 0.3 is 0 Å². The smallest absolute Gasteiger partial charge is 0.201 e. The molecule has 0 N–H and O–H groups in total. The average Bonchev–Trinajstić information content (AvgIpc) is 2.94. The molecule has 1 atom stereocenters. The van der Waals surface area contributed by atoms with Gasteiger partial charge in [-0.2, -0.15) is 0 Å². The fourth-order valence-electron chi connectivity index (χ4n) is 1.80. The van der Waals surface area contributed by atoms with Gasteiger partial charge in [-0.05, 0) is 25.7 Å². The van der Waals surface area contributed by atoms with Crippen LogP contribution in [0, 0.1) is 11.8 Å². The average molecular weight is 192 g/mol. The number of Topliss-reactive ketones (excluding diaryl/α,β-unsaturated/α-hetero) is 1. The zero-order valence-corrected chi connectivity index (χ0v) is 8.73. The summed E-state index contributed by atoms with van der Waals surface area (Å²) in [6.45, 7) is 4.87. The quantitative estimate of drug-likeness (QED) is 0.685. The molecule has 1 aliphatic carbocycles. The molecule has 0 spiro atoms. The molecule has 0 amide bonds. The van der Waals surface area contributed by atoms with Gasteiger partial charge < -0.3 is 4.57 Å². The van der Waals surface area contributed by atoms with Gasteiger partial charge in [-0.1, -0.05) is 6.92 Å². The third kappa shape index (κ3) is 1.59. The lowest BCUT2D eigenvalue weighted by molar-refractivity contribution is 0.0901. The molecule has 0 saturated heterocycles. The minimum Gasteiger partial charge on any atom is -0.329 e. The Kier molecular flexibility index (Phi) is 2.40. The molecule has 1 aromatic heterocycles. The number of imidazole rings is 1. The van der Waals surface area contributed by atoms with Crippen LogP contribution in [0.15, 0.2) is 12.4 Å². The normalized spacial score (nSPS) is 18.1. The van der Waals surface area contributed by atoms with Gasteiger partial charge in [0, 0.05) is 24.9 Å². The summed E-state index contributed by atoms with van der Waals surface area (Å²) in [5.74, 6) is 1.61. The Hall–Kier alpha value is -1.12. The van der Waals surface area contributed by atoms with Gasteiger partial charge in [-0.3, -0.25) is 4.79 Å². The summed E-state index contributed by atoms with van der Waals surface area (Å²) < 4.78 is 1.92. The number of ketones is 1. The Balaban J connectivity index is 2.17. The molecule has 3 nitrogen and oxygen atoms in total. The SMILES string of the molecule is CCn1ccnc1C(=O)C(C)C1CC1. The first-order valence-corrected chi connectivity index (χ1v) is 5.29. The Bertz CT molecular complexity index is 339. The fraction of sp³-hybridized carbons (Fsp3) is 0.636. The minimum absolute atomic E-state index is 0.155. The first-order valence-electron chi connectivity index (χ1n) is 5.29. The summed E-state index contributed by atoms with van der Waals surface area (Å²) in [5, 5.41) is 0. The third-order valence-electron chi connectivity index (χ3n) is 3.02. The van der Waals surface area contributed by atoms with Crippen molar-refractivity contribution < 1.29 is 4.79 Å². The highest BCUT2D eigenvalue weighted by Crippen LogP contribution is 2.37. The van der Waals surface area contributed by atoms with Crippen LogP contribution in [0.1, 0.15) is 37.3 Å². The molecule has 14 heavy (non-hydrogen) atoms. The van der Waals surface area contributed by atoms with Crippen molar-refractivity contribution in [3.8, 4) is 0 Å². The zero-order chi connectivity index (χ0) is 10.1. The van der Waals surface area contributed by atoms with Gasteiger partial charge in [-0.15, -0.1) is 0 Å². The molecule has 1 aromatic rings. The molecule has 0 aliphatic heterocycles. The second-order valence-corrected chi connectivity index (χ2v) is 4.03. The van der Waals surface area contributed by atoms with E-state index in [1.807, 2.05) is 24.6 Å². The molecule has 76 valence electrons. The van der Waals surface area contributed by atoms with Crippen LogP contribution in [0.3, 0.4) is 0 Å². The number of hydrogen-bond donors (Lipinski definition) is 0. The molecule has 1 fully saturated rings. The largest absolute Gasteiger partial charge is 0.329 e. The highest BCUT2D eigenvalue weighted by Gasteiger charge is 2.34. The van der Waals surface area contributed by atoms with E-state index in [9.17, 15) is 4.79 Å². The van der Waals surface area contributed by atoms with Gasteiger partial charge in [0.2, 0.25) is 5.78 Å². The van der Waals surface area contributed by atoms with Crippen molar-refractivity contribution in [2.45, 2.75) is 33.2 Å². The molecule has 2 rings (SSSR count). The molecule has 3 heteroatoms. The number of aryl methyl sites for hydroxylation is 1. The lowest BCUT2D eigenvalue weighted by Crippen LogP contribution is -2.18. The number of carbonyl (C=O) groups excluding carboxylic acids is 1. The summed E-state index contributed by atoms with van der Waals surface area (Å²) in [6, 6.07) is 0. The van der Waals surface area contributed by atoms with E-state index < -0.39 is 0 Å². The van der Waals surface area contributed by atoms with E-state index in [1.54, 1.807) is 6.20 Å². The molecule has 1 saturated carbocycles. The van der Waals surface area contributed by atoms with Crippen molar-refractivity contribution in [2.24, 2.45) is 11.8 Å². The van der Waals surface area contributed by atoms with E-state index in [-0.39, 0.29) is 11.7 Å². The molecule has 0 radical (unpaired) electrons. The van der Waals surface area contributed by atoms with Gasteiger partial charge in [0.15, 0.2) is 5.82 Å². The number of rotatable bonds is 4. The van der Waals surface area contributed by atoms with Crippen molar-refractivity contribution >= 4 is 5.78 Å². The predicted molar refractivity (Wildman–Crippen MR) is 54.1 cm³/mol. The topological polar surface area (TPSA) is 34.9 Å². The first kappa shape index (κ1) is 9.44. The maximum atomic E-state index is 12.0. The van der Waals surface area contributed by atoms with E-state index in [4.69, 9.17) is 0 Å². The Morgan fingerprint density at radius 1 is 1.71 bits per heavy atom. The first-order chi connectivity index (χ1) is 6.74. The van der Waals surface area contributed by atoms with E-state index in [1.165, 1.54) is 12.8 Å². The van der Waals surface area contributed by atoms with Crippen LogP contribution in [-0.2, 0) is 6.54 Å². The molecule has 1 aliphatic rings. The molecule has 1 heterocycles. The lowest BCUT2D eigenvalue weighted by atomic mass is 10.0. The van der Waals surface area contributed by atoms with E-state index in [2.05, 4.69) is 4.98 Å². The lowest BCUT2D eigenvalue weighted by Gasteiger charge is -2.09. The summed E-state index contributed by atoms with van der Waals surface area (Å²) in [5.41, 5.74) is 0. The van der Waals surface area contributed by atoms with Crippen molar-refractivity contribution in [3.63, 3.8) is 0 Å². The number of nitrogens with zero attached hydrogens (tertiary/aromatic N) is 2. The molecule has 1 unspecified atom stereocenters. The van der Waals surface area contributed by atoms with Crippen molar-refractivity contribution in [1.82, 2.24) is 9.55 Å². The third-order valence-corrected chi connectivity index (χ3v) is 3.02. The summed E-state index contributed by atoms with van der Waals surface area (Å²) >= 11 is 0. The van der Waals surface area contributed by atoms with Crippen LogP contribution >= 0.6 is 0 Å². The van der Waals surface area contributed by atoms with Gasteiger partial charge in [-0.25, -0.2) is 4.98 Å². The fourth-order valence-corrected chi connectivity index (χ4v) is 1.80. The summed E-state index contributed by atoms with van der Waals surface area (Å²) in [4.78, 5) is 16.1. The molecule has 0 bridgehead atoms. The summed E-state index contributed by atoms with van der Waals surface area (Å²) in [6.07, 6.45) is 5.99. The van der Waals surface area contributed by atoms with Gasteiger partial charge in [0.05, 0.1) is 0 Å². The Labute approximate surface area is 84.1 Å². The number of carbonyl (C=O) groups is 1. The van der Waals surface area contributed by atoms with Crippen LogP contribution in [-0.4, -0.2) is 15.3 Å². The van der Waals surface area contributed by atoms with E-state index >= 15 is 0 Å². The van der Waals surface area contributed by atoms with Crippen LogP contribution in [0.5, 0.6) is 0 Å². The second-order valence-electron chi connectivity index (χ2n) is 4.03. The van der Waals surface area contributed by atoms with E-state index in [0.717, 1.165) is 6.54 Å². The maximum Gasteiger partial charge on any atom is 0.201 e. The highest BCUT2D eigenvalue weighted by molar-refractivity contribution is 5.94. The van der Waals surface area contributed by atoms with Crippen LogP contribution in [0.4, 0.5) is 0 Å². The highest BCUT2D eigenvalue weighted by atomic mass is 16.1. The zero-order valence-electron chi connectivity index (χ0n) is 8.73. The van der Waals surface area contributed by atoms with Gasteiger partial charge in [0.25, 0.3) is 0 Å². The van der Waals surface area contributed by atoms with Crippen LogP contribution in [0.2, 0.25) is 0 Å². The standard InChI is InChI=1S/C11H16N2O/c1-3-13-7-6-12-11(13)10(14)8(2)9-4-5-9/h6-9H,3-5H2,1-2H3. The molecule has 0 aromatic carbocycles. The molecular formula is C11H16N2O. The maximum absolute atomic E-state index is 12.0. The number of aromatic nitrogens is 2. The monoisotopic (exact) mass is 192 g/mol. The Morgan fingerprint density at radius 3 is 3.00 bits per heavy atom. The van der Waals surface area contributed by atoms with Crippen LogP contribution < -0.4 is 0 Å². The molecular weight excluding hydrogens is 176 g/mol. The predicted octanol–water partition coefficient (Wildman–Crippen LogP) is 2.13. The minimum atomic E-state index is 0.155. The summed E-state index contributed by atoms with van der Waals surface area (Å²) in [7, 11) is 0. The van der Waals surface area contributed by atoms with E-state index in [0.29, 0.717) is 11.7 Å². The Morgan fingerprint density at radius 2 is 2.43 bits per heavy atom.